The van der Waals surface area contributed by atoms with Crippen molar-refractivity contribution in [2.45, 2.75) is 32.6 Å². The Kier molecular flexibility index (Phi) is 3.99. The van der Waals surface area contributed by atoms with Crippen LogP contribution < -0.4 is 4.90 Å². The summed E-state index contributed by atoms with van der Waals surface area (Å²) in [5, 5.41) is 0.480. The summed E-state index contributed by atoms with van der Waals surface area (Å²) in [6.45, 7) is 4.42. The smallest absolute Gasteiger partial charge is 0.149 e. The Balaban J connectivity index is 1.94. The molecular weight excluding hydrogens is 222 g/mol. The van der Waals surface area contributed by atoms with Crippen LogP contribution in [-0.4, -0.2) is 23.1 Å². The third kappa shape index (κ3) is 2.85. The number of aromatic nitrogens is 2. The fraction of sp³-hybridized carbons (Fsp3) is 0.667. The minimum absolute atomic E-state index is 0.480. The Hall–Kier alpha value is -0.830. The van der Waals surface area contributed by atoms with E-state index >= 15 is 0 Å². The standard InChI is InChI=1S/C12H18ClN3/c1-2-3-10-4-6-16(7-5-10)12-9-14-8-11(13)15-12/h8-10H,2-7H2,1H3. The molecule has 0 N–H and O–H groups in total. The summed E-state index contributed by atoms with van der Waals surface area (Å²) in [7, 11) is 0. The molecule has 0 aromatic carbocycles. The molecule has 0 radical (unpaired) electrons. The highest BCUT2D eigenvalue weighted by Crippen LogP contribution is 2.24. The molecule has 1 fully saturated rings. The molecule has 1 aliphatic rings. The number of hydrogen-bond acceptors (Lipinski definition) is 3. The van der Waals surface area contributed by atoms with Gasteiger partial charge >= 0.3 is 0 Å². The zero-order valence-corrected chi connectivity index (χ0v) is 10.5. The van der Waals surface area contributed by atoms with Gasteiger partial charge in [0.2, 0.25) is 0 Å². The first-order valence-corrected chi connectivity index (χ1v) is 6.40. The van der Waals surface area contributed by atoms with E-state index in [1.165, 1.54) is 25.7 Å². The summed E-state index contributed by atoms with van der Waals surface area (Å²) in [5.41, 5.74) is 0. The van der Waals surface area contributed by atoms with Crippen molar-refractivity contribution in [1.82, 2.24) is 9.97 Å². The highest BCUT2D eigenvalue weighted by molar-refractivity contribution is 6.29. The summed E-state index contributed by atoms with van der Waals surface area (Å²) in [4.78, 5) is 10.7. The number of piperidine rings is 1. The van der Waals surface area contributed by atoms with E-state index in [0.717, 1.165) is 24.8 Å². The third-order valence-corrected chi connectivity index (χ3v) is 3.41. The fourth-order valence-electron chi connectivity index (χ4n) is 2.34. The predicted molar refractivity (Wildman–Crippen MR) is 66.9 cm³/mol. The van der Waals surface area contributed by atoms with Crippen LogP contribution in [0.15, 0.2) is 12.4 Å². The molecule has 0 amide bonds. The normalized spacial score (nSPS) is 17.8. The molecule has 0 unspecified atom stereocenters. The molecule has 1 saturated heterocycles. The van der Waals surface area contributed by atoms with Crippen LogP contribution in [0.4, 0.5) is 5.82 Å². The van der Waals surface area contributed by atoms with Crippen LogP contribution in [0, 0.1) is 5.92 Å². The van der Waals surface area contributed by atoms with Crippen LogP contribution in [0.1, 0.15) is 32.6 Å². The van der Waals surface area contributed by atoms with Crippen molar-refractivity contribution in [3.05, 3.63) is 17.5 Å². The van der Waals surface area contributed by atoms with Crippen molar-refractivity contribution in [3.63, 3.8) is 0 Å². The Morgan fingerprint density at radius 3 is 2.75 bits per heavy atom. The van der Waals surface area contributed by atoms with Crippen LogP contribution in [0.3, 0.4) is 0 Å². The summed E-state index contributed by atoms with van der Waals surface area (Å²) in [6, 6.07) is 0. The van der Waals surface area contributed by atoms with Gasteiger partial charge < -0.3 is 4.90 Å². The molecule has 0 saturated carbocycles. The van der Waals surface area contributed by atoms with Crippen molar-refractivity contribution in [1.29, 1.82) is 0 Å². The summed E-state index contributed by atoms with van der Waals surface area (Å²) < 4.78 is 0. The quantitative estimate of drug-likeness (QED) is 0.812. The zero-order valence-electron chi connectivity index (χ0n) is 9.69. The van der Waals surface area contributed by atoms with Crippen molar-refractivity contribution < 1.29 is 0 Å². The predicted octanol–water partition coefficient (Wildman–Crippen LogP) is 3.15. The molecule has 2 rings (SSSR count). The van der Waals surface area contributed by atoms with Crippen LogP contribution in [-0.2, 0) is 0 Å². The van der Waals surface area contributed by atoms with Gasteiger partial charge in [-0.05, 0) is 18.8 Å². The average Bonchev–Trinajstić information content (AvgIpc) is 2.30. The minimum Gasteiger partial charge on any atom is -0.355 e. The van der Waals surface area contributed by atoms with Gasteiger partial charge in [-0.25, -0.2) is 4.98 Å². The molecule has 1 aromatic rings. The highest BCUT2D eigenvalue weighted by atomic mass is 35.5. The maximum absolute atomic E-state index is 5.84. The average molecular weight is 240 g/mol. The first-order valence-electron chi connectivity index (χ1n) is 6.02. The number of hydrogen-bond donors (Lipinski definition) is 0. The maximum Gasteiger partial charge on any atom is 0.149 e. The second-order valence-electron chi connectivity index (χ2n) is 4.42. The molecule has 1 aromatic heterocycles. The Bertz CT molecular complexity index is 335. The molecule has 3 nitrogen and oxygen atoms in total. The summed E-state index contributed by atoms with van der Waals surface area (Å²) in [6.07, 6.45) is 8.56. The highest BCUT2D eigenvalue weighted by Gasteiger charge is 2.19. The van der Waals surface area contributed by atoms with Gasteiger partial charge in [-0.2, -0.15) is 0 Å². The van der Waals surface area contributed by atoms with Crippen LogP contribution in [0.5, 0.6) is 0 Å². The number of halogens is 1. The Labute approximate surface area is 102 Å². The van der Waals surface area contributed by atoms with Gasteiger partial charge in [-0.3, -0.25) is 4.98 Å². The van der Waals surface area contributed by atoms with Gasteiger partial charge in [0.1, 0.15) is 11.0 Å². The van der Waals surface area contributed by atoms with Gasteiger partial charge in [0.15, 0.2) is 0 Å². The largest absolute Gasteiger partial charge is 0.355 e. The summed E-state index contributed by atoms with van der Waals surface area (Å²) in [5.74, 6) is 1.82. The van der Waals surface area contributed by atoms with Crippen molar-refractivity contribution >= 4 is 17.4 Å². The lowest BCUT2D eigenvalue weighted by atomic mass is 9.92. The fourth-order valence-corrected chi connectivity index (χ4v) is 2.49. The molecule has 88 valence electrons. The molecular formula is C12H18ClN3. The second kappa shape index (κ2) is 5.48. The molecule has 16 heavy (non-hydrogen) atoms. The number of anilines is 1. The van der Waals surface area contributed by atoms with E-state index in [2.05, 4.69) is 21.8 Å². The topological polar surface area (TPSA) is 29.0 Å². The molecule has 0 bridgehead atoms. The summed E-state index contributed by atoms with van der Waals surface area (Å²) >= 11 is 5.84. The van der Waals surface area contributed by atoms with E-state index < -0.39 is 0 Å². The van der Waals surface area contributed by atoms with E-state index in [-0.39, 0.29) is 0 Å². The zero-order chi connectivity index (χ0) is 11.4. The van der Waals surface area contributed by atoms with E-state index in [4.69, 9.17) is 11.6 Å². The Morgan fingerprint density at radius 2 is 2.12 bits per heavy atom. The molecule has 0 atom stereocenters. The van der Waals surface area contributed by atoms with E-state index in [0.29, 0.717) is 5.15 Å². The van der Waals surface area contributed by atoms with Crippen molar-refractivity contribution in [2.24, 2.45) is 5.92 Å². The molecule has 0 spiro atoms. The first kappa shape index (κ1) is 11.6. The number of nitrogens with zero attached hydrogens (tertiary/aromatic N) is 3. The third-order valence-electron chi connectivity index (χ3n) is 3.23. The first-order chi connectivity index (χ1) is 7.79. The lowest BCUT2D eigenvalue weighted by Gasteiger charge is -2.32. The van der Waals surface area contributed by atoms with Gasteiger partial charge in [0.05, 0.1) is 12.4 Å². The van der Waals surface area contributed by atoms with Gasteiger partial charge in [0, 0.05) is 13.1 Å². The Morgan fingerprint density at radius 1 is 1.38 bits per heavy atom. The van der Waals surface area contributed by atoms with Crippen LogP contribution in [0.25, 0.3) is 0 Å². The van der Waals surface area contributed by atoms with Gasteiger partial charge in [-0.1, -0.05) is 31.4 Å². The molecule has 0 aliphatic carbocycles. The van der Waals surface area contributed by atoms with Crippen molar-refractivity contribution in [2.75, 3.05) is 18.0 Å². The monoisotopic (exact) mass is 239 g/mol. The van der Waals surface area contributed by atoms with E-state index in [9.17, 15) is 0 Å². The van der Waals surface area contributed by atoms with E-state index in [1.807, 2.05) is 0 Å². The van der Waals surface area contributed by atoms with Crippen LogP contribution in [0.2, 0.25) is 5.15 Å². The minimum atomic E-state index is 0.480. The van der Waals surface area contributed by atoms with Crippen molar-refractivity contribution in [3.8, 4) is 0 Å². The number of rotatable bonds is 3. The van der Waals surface area contributed by atoms with Crippen LogP contribution >= 0.6 is 11.6 Å². The molecule has 1 aliphatic heterocycles. The lowest BCUT2D eigenvalue weighted by Crippen LogP contribution is -2.34. The van der Waals surface area contributed by atoms with E-state index in [1.54, 1.807) is 12.4 Å². The van der Waals surface area contributed by atoms with Gasteiger partial charge in [0.25, 0.3) is 0 Å². The lowest BCUT2D eigenvalue weighted by molar-refractivity contribution is 0.377. The maximum atomic E-state index is 5.84. The second-order valence-corrected chi connectivity index (χ2v) is 4.81. The molecule has 2 heterocycles. The molecule has 4 heteroatoms. The SMILES string of the molecule is CCCC1CCN(c2cncc(Cl)n2)CC1. The van der Waals surface area contributed by atoms with Gasteiger partial charge in [-0.15, -0.1) is 0 Å².